The number of hydrogen-bond acceptors (Lipinski definition) is 5. The summed E-state index contributed by atoms with van der Waals surface area (Å²) in [5.74, 6) is 0. The third-order valence-electron chi connectivity index (χ3n) is 2.77. The van der Waals surface area contributed by atoms with Crippen LogP contribution in [-0.2, 0) is 0 Å². The van der Waals surface area contributed by atoms with Crippen molar-refractivity contribution in [1.82, 2.24) is 0 Å². The second-order valence-electron chi connectivity index (χ2n) is 3.92. The highest BCUT2D eigenvalue weighted by Gasteiger charge is 2.21. The van der Waals surface area contributed by atoms with Gasteiger partial charge in [-0.15, -0.1) is 0 Å². The molecule has 0 aliphatic rings. The average Bonchev–Trinajstić information content (AvgIpc) is 2.46. The second-order valence-corrected chi connectivity index (χ2v) is 3.92. The van der Waals surface area contributed by atoms with E-state index in [4.69, 9.17) is 0 Å². The zero-order valence-electron chi connectivity index (χ0n) is 10.1. The second kappa shape index (κ2) is 5.27. The minimum absolute atomic E-state index is 0.170. The van der Waals surface area contributed by atoms with E-state index in [9.17, 15) is 25.0 Å². The minimum atomic E-state index is -0.706. The molecule has 0 radical (unpaired) electrons. The zero-order valence-corrected chi connectivity index (χ0v) is 10.1. The van der Waals surface area contributed by atoms with E-state index in [1.54, 1.807) is 18.2 Å². The van der Waals surface area contributed by atoms with Crippen LogP contribution in [0.4, 0.5) is 11.4 Å². The number of carbonyl (C=O) groups is 1. The van der Waals surface area contributed by atoms with Gasteiger partial charge in [-0.2, -0.15) is 0 Å². The molecule has 20 heavy (non-hydrogen) atoms. The summed E-state index contributed by atoms with van der Waals surface area (Å²) in [7, 11) is 0. The van der Waals surface area contributed by atoms with Crippen molar-refractivity contribution < 1.29 is 14.6 Å². The Bertz CT molecular complexity index is 712. The van der Waals surface area contributed by atoms with E-state index in [-0.39, 0.29) is 16.8 Å². The van der Waals surface area contributed by atoms with Gasteiger partial charge in [0.15, 0.2) is 6.29 Å². The summed E-state index contributed by atoms with van der Waals surface area (Å²) in [6.45, 7) is 0. The standard InChI is InChI=1S/C13H8N2O5/c16-8-9-3-1-2-4-11(9)12-6-5-10(14(17)18)7-13(12)15(19)20/h1-8H. The Morgan fingerprint density at radius 1 is 0.900 bits per heavy atom. The van der Waals surface area contributed by atoms with Crippen LogP contribution in [0.3, 0.4) is 0 Å². The molecule has 0 saturated carbocycles. The van der Waals surface area contributed by atoms with Crippen LogP contribution < -0.4 is 0 Å². The molecule has 0 aliphatic carbocycles. The first-order valence-corrected chi connectivity index (χ1v) is 5.52. The molecule has 0 aromatic heterocycles. The van der Waals surface area contributed by atoms with E-state index in [2.05, 4.69) is 0 Å². The van der Waals surface area contributed by atoms with Crippen LogP contribution in [0.1, 0.15) is 10.4 Å². The van der Waals surface area contributed by atoms with E-state index < -0.39 is 15.5 Å². The molecule has 2 aromatic rings. The van der Waals surface area contributed by atoms with E-state index in [1.165, 1.54) is 18.2 Å². The van der Waals surface area contributed by atoms with Crippen molar-refractivity contribution in [1.29, 1.82) is 0 Å². The molecule has 100 valence electrons. The lowest BCUT2D eigenvalue weighted by molar-refractivity contribution is -0.393. The maximum atomic E-state index is 11.1. The van der Waals surface area contributed by atoms with E-state index in [0.29, 0.717) is 11.8 Å². The lowest BCUT2D eigenvalue weighted by atomic mass is 9.98. The number of nitro benzene ring substituents is 2. The topological polar surface area (TPSA) is 103 Å². The molecule has 0 bridgehead atoms. The van der Waals surface area contributed by atoms with Gasteiger partial charge in [0.25, 0.3) is 11.4 Å². The molecule has 0 spiro atoms. The summed E-state index contributed by atoms with van der Waals surface area (Å²) in [5.41, 5.74) is 0.0365. The van der Waals surface area contributed by atoms with Crippen LogP contribution in [0.5, 0.6) is 0 Å². The number of carbonyl (C=O) groups excluding carboxylic acids is 1. The smallest absolute Gasteiger partial charge is 0.284 e. The number of hydrogen-bond donors (Lipinski definition) is 0. The van der Waals surface area contributed by atoms with Gasteiger partial charge in [-0.05, 0) is 11.6 Å². The van der Waals surface area contributed by atoms with Gasteiger partial charge < -0.3 is 0 Å². The van der Waals surface area contributed by atoms with Gasteiger partial charge in [0.2, 0.25) is 0 Å². The molecular formula is C13H8N2O5. The summed E-state index contributed by atoms with van der Waals surface area (Å²) in [4.78, 5) is 31.3. The molecule has 2 aromatic carbocycles. The summed E-state index contributed by atoms with van der Waals surface area (Å²) < 4.78 is 0. The summed E-state index contributed by atoms with van der Waals surface area (Å²) in [6, 6.07) is 9.67. The van der Waals surface area contributed by atoms with Crippen molar-refractivity contribution >= 4 is 17.7 Å². The molecule has 0 aliphatic heterocycles. The Hall–Kier alpha value is -3.09. The Morgan fingerprint density at radius 3 is 2.20 bits per heavy atom. The summed E-state index contributed by atoms with van der Waals surface area (Å²) in [6.07, 6.45) is 0.584. The molecule has 0 amide bonds. The number of aldehydes is 1. The monoisotopic (exact) mass is 272 g/mol. The van der Waals surface area contributed by atoms with Crippen molar-refractivity contribution in [3.63, 3.8) is 0 Å². The fourth-order valence-electron chi connectivity index (χ4n) is 1.86. The maximum Gasteiger partial charge on any atom is 0.284 e. The van der Waals surface area contributed by atoms with E-state index in [0.717, 1.165) is 6.07 Å². The summed E-state index contributed by atoms with van der Waals surface area (Å²) >= 11 is 0. The van der Waals surface area contributed by atoms with Crippen molar-refractivity contribution in [3.05, 3.63) is 68.3 Å². The maximum absolute atomic E-state index is 11.1. The van der Waals surface area contributed by atoms with Gasteiger partial charge in [-0.1, -0.05) is 24.3 Å². The number of nitro groups is 2. The van der Waals surface area contributed by atoms with Gasteiger partial charge in [0.1, 0.15) is 0 Å². The van der Waals surface area contributed by atoms with Crippen molar-refractivity contribution in [2.75, 3.05) is 0 Å². The first kappa shape index (κ1) is 13.3. The van der Waals surface area contributed by atoms with Crippen LogP contribution in [0.15, 0.2) is 42.5 Å². The Balaban J connectivity index is 2.70. The molecule has 7 heteroatoms. The van der Waals surface area contributed by atoms with Gasteiger partial charge in [0, 0.05) is 11.6 Å². The SMILES string of the molecule is O=Cc1ccccc1-c1ccc([N+](=O)[O-])cc1[N+](=O)[O-]. The third kappa shape index (κ3) is 2.37. The molecule has 0 heterocycles. The molecule has 0 N–H and O–H groups in total. The molecule has 0 fully saturated rings. The fourth-order valence-corrected chi connectivity index (χ4v) is 1.86. The molecular weight excluding hydrogens is 264 g/mol. The number of rotatable bonds is 4. The van der Waals surface area contributed by atoms with E-state index in [1.807, 2.05) is 0 Å². The number of benzene rings is 2. The molecule has 0 atom stereocenters. The minimum Gasteiger partial charge on any atom is -0.298 e. The van der Waals surface area contributed by atoms with Gasteiger partial charge in [-0.25, -0.2) is 0 Å². The largest absolute Gasteiger partial charge is 0.298 e. The molecule has 2 rings (SSSR count). The highest BCUT2D eigenvalue weighted by Crippen LogP contribution is 2.34. The lowest BCUT2D eigenvalue weighted by Gasteiger charge is -2.05. The van der Waals surface area contributed by atoms with Crippen LogP contribution in [-0.4, -0.2) is 16.1 Å². The number of non-ortho nitro benzene ring substituents is 1. The number of nitrogens with zero attached hydrogens (tertiary/aromatic N) is 2. The van der Waals surface area contributed by atoms with Crippen molar-refractivity contribution in [2.24, 2.45) is 0 Å². The average molecular weight is 272 g/mol. The first-order valence-electron chi connectivity index (χ1n) is 5.52. The lowest BCUT2D eigenvalue weighted by Crippen LogP contribution is -1.97. The highest BCUT2D eigenvalue weighted by molar-refractivity contribution is 5.90. The molecule has 7 nitrogen and oxygen atoms in total. The van der Waals surface area contributed by atoms with E-state index >= 15 is 0 Å². The van der Waals surface area contributed by atoms with Gasteiger partial charge in [-0.3, -0.25) is 25.0 Å². The predicted molar refractivity (Wildman–Crippen MR) is 70.6 cm³/mol. The van der Waals surface area contributed by atoms with Gasteiger partial charge >= 0.3 is 0 Å². The van der Waals surface area contributed by atoms with Crippen molar-refractivity contribution in [2.45, 2.75) is 0 Å². The summed E-state index contributed by atoms with van der Waals surface area (Å²) in [5, 5.41) is 21.7. The van der Waals surface area contributed by atoms with Crippen LogP contribution in [0.25, 0.3) is 11.1 Å². The first-order chi connectivity index (χ1) is 9.54. The molecule has 0 unspecified atom stereocenters. The van der Waals surface area contributed by atoms with Crippen LogP contribution in [0.2, 0.25) is 0 Å². The fraction of sp³-hybridized carbons (Fsp3) is 0. The Kier molecular flexibility index (Phi) is 3.52. The zero-order chi connectivity index (χ0) is 14.7. The highest BCUT2D eigenvalue weighted by atomic mass is 16.6. The molecule has 0 saturated heterocycles. The normalized spacial score (nSPS) is 10.0. The quantitative estimate of drug-likeness (QED) is 0.483. The third-order valence-corrected chi connectivity index (χ3v) is 2.77. The Morgan fingerprint density at radius 2 is 1.60 bits per heavy atom. The van der Waals surface area contributed by atoms with Crippen LogP contribution in [0, 0.1) is 20.2 Å². The predicted octanol–water partition coefficient (Wildman–Crippen LogP) is 2.98. The van der Waals surface area contributed by atoms with Gasteiger partial charge in [0.05, 0.1) is 21.5 Å². The van der Waals surface area contributed by atoms with Crippen molar-refractivity contribution in [3.8, 4) is 11.1 Å². The van der Waals surface area contributed by atoms with Crippen LogP contribution >= 0.6 is 0 Å². The Labute approximate surface area is 112 Å².